The number of aryl methyl sites for hydroxylation is 1. The van der Waals surface area contributed by atoms with Crippen LogP contribution in [0.3, 0.4) is 0 Å². The lowest BCUT2D eigenvalue weighted by atomic mass is 9.88. The van der Waals surface area contributed by atoms with Crippen LogP contribution in [0.25, 0.3) is 10.9 Å². The average Bonchev–Trinajstić information content (AvgIpc) is 2.46. The van der Waals surface area contributed by atoms with E-state index in [1.807, 2.05) is 13.0 Å². The van der Waals surface area contributed by atoms with Crippen LogP contribution < -0.4 is 5.73 Å². The van der Waals surface area contributed by atoms with Gasteiger partial charge >= 0.3 is 0 Å². The summed E-state index contributed by atoms with van der Waals surface area (Å²) in [5, 5.41) is 1.19. The molecule has 0 saturated carbocycles. The number of rotatable bonds is 2. The van der Waals surface area contributed by atoms with E-state index < -0.39 is 0 Å². The summed E-state index contributed by atoms with van der Waals surface area (Å²) in [7, 11) is 0. The van der Waals surface area contributed by atoms with Crippen molar-refractivity contribution in [2.24, 2.45) is 11.7 Å². The highest BCUT2D eigenvalue weighted by atomic mass is 16.5. The lowest BCUT2D eigenvalue weighted by Gasteiger charge is -2.32. The largest absolute Gasteiger partial charge is 0.373 e. The van der Waals surface area contributed by atoms with Crippen LogP contribution in [0, 0.1) is 12.8 Å². The summed E-state index contributed by atoms with van der Waals surface area (Å²) in [5.41, 5.74) is 9.25. The molecule has 1 aliphatic heterocycles. The Bertz CT molecular complexity index is 582. The molecule has 3 rings (SSSR count). The number of aromatic nitrogens is 1. The van der Waals surface area contributed by atoms with Gasteiger partial charge in [-0.25, -0.2) is 0 Å². The van der Waals surface area contributed by atoms with Gasteiger partial charge in [-0.05, 0) is 44.0 Å². The zero-order chi connectivity index (χ0) is 13.2. The first kappa shape index (κ1) is 12.6. The number of benzene rings is 1. The van der Waals surface area contributed by atoms with Crippen molar-refractivity contribution in [2.45, 2.75) is 25.9 Å². The number of hydrogen-bond donors (Lipinski definition) is 1. The van der Waals surface area contributed by atoms with Crippen molar-refractivity contribution in [3.8, 4) is 0 Å². The van der Waals surface area contributed by atoms with Gasteiger partial charge in [-0.1, -0.05) is 18.2 Å². The Hall–Kier alpha value is -1.45. The predicted molar refractivity (Wildman–Crippen MR) is 77.0 cm³/mol. The van der Waals surface area contributed by atoms with Crippen LogP contribution in [0.4, 0.5) is 0 Å². The van der Waals surface area contributed by atoms with E-state index in [0.29, 0.717) is 12.5 Å². The molecule has 0 spiro atoms. The van der Waals surface area contributed by atoms with Crippen LogP contribution in [0.5, 0.6) is 0 Å². The van der Waals surface area contributed by atoms with Gasteiger partial charge in [0.1, 0.15) is 0 Å². The number of fused-ring (bicyclic) bond motifs is 1. The fourth-order valence-corrected chi connectivity index (χ4v) is 3.00. The molecule has 2 aromatic rings. The maximum atomic E-state index is 6.02. The molecule has 19 heavy (non-hydrogen) atoms. The molecule has 2 heterocycles. The van der Waals surface area contributed by atoms with Crippen molar-refractivity contribution < 1.29 is 4.74 Å². The Kier molecular flexibility index (Phi) is 3.49. The van der Waals surface area contributed by atoms with Crippen molar-refractivity contribution >= 4 is 10.9 Å². The minimum Gasteiger partial charge on any atom is -0.373 e. The topological polar surface area (TPSA) is 48.1 Å². The van der Waals surface area contributed by atoms with E-state index in [0.717, 1.165) is 30.7 Å². The van der Waals surface area contributed by atoms with Crippen LogP contribution in [0.2, 0.25) is 0 Å². The van der Waals surface area contributed by atoms with Crippen LogP contribution >= 0.6 is 0 Å². The molecule has 0 amide bonds. The molecule has 1 aliphatic rings. The molecule has 0 aliphatic carbocycles. The molecule has 1 saturated heterocycles. The zero-order valence-electron chi connectivity index (χ0n) is 11.3. The first-order valence-corrected chi connectivity index (χ1v) is 6.97. The fraction of sp³-hybridized carbons (Fsp3) is 0.438. The summed E-state index contributed by atoms with van der Waals surface area (Å²) in [6.07, 6.45) is 2.38. The smallest absolute Gasteiger partial charge is 0.0872 e. The molecule has 1 fully saturated rings. The van der Waals surface area contributed by atoms with E-state index in [1.54, 1.807) is 0 Å². The van der Waals surface area contributed by atoms with E-state index in [9.17, 15) is 0 Å². The van der Waals surface area contributed by atoms with E-state index >= 15 is 0 Å². The summed E-state index contributed by atoms with van der Waals surface area (Å²) in [4.78, 5) is 4.60. The van der Waals surface area contributed by atoms with Gasteiger partial charge in [-0.3, -0.25) is 4.98 Å². The number of ether oxygens (including phenoxy) is 1. The van der Waals surface area contributed by atoms with Gasteiger partial charge in [-0.15, -0.1) is 0 Å². The molecular formula is C16H20N2O. The summed E-state index contributed by atoms with van der Waals surface area (Å²) in [6, 6.07) is 10.4. The van der Waals surface area contributed by atoms with Gasteiger partial charge in [0, 0.05) is 23.6 Å². The molecule has 1 aromatic heterocycles. The number of nitrogens with zero attached hydrogens (tertiary/aromatic N) is 1. The second kappa shape index (κ2) is 5.27. The molecule has 2 N–H and O–H groups in total. The van der Waals surface area contributed by atoms with Crippen LogP contribution in [0.15, 0.2) is 30.3 Å². The Balaban J connectivity index is 2.12. The summed E-state index contributed by atoms with van der Waals surface area (Å²) >= 11 is 0. The molecule has 3 nitrogen and oxygen atoms in total. The lowest BCUT2D eigenvalue weighted by Crippen LogP contribution is -2.28. The number of pyridine rings is 1. The summed E-state index contributed by atoms with van der Waals surface area (Å²) < 4.78 is 6.02. The van der Waals surface area contributed by atoms with Crippen LogP contribution in [0.1, 0.15) is 30.2 Å². The molecular weight excluding hydrogens is 236 g/mol. The minimum absolute atomic E-state index is 0.116. The summed E-state index contributed by atoms with van der Waals surface area (Å²) in [6.45, 7) is 3.55. The highest BCUT2D eigenvalue weighted by Crippen LogP contribution is 2.36. The maximum Gasteiger partial charge on any atom is 0.0872 e. The van der Waals surface area contributed by atoms with Crippen molar-refractivity contribution in [1.29, 1.82) is 0 Å². The highest BCUT2D eigenvalue weighted by molar-refractivity contribution is 5.82. The Morgan fingerprint density at radius 3 is 3.05 bits per heavy atom. The monoisotopic (exact) mass is 256 g/mol. The third kappa shape index (κ3) is 2.36. The normalized spacial score (nSPS) is 23.7. The minimum atomic E-state index is 0.116. The Labute approximate surface area is 113 Å². The zero-order valence-corrected chi connectivity index (χ0v) is 11.3. The highest BCUT2D eigenvalue weighted by Gasteiger charge is 2.27. The Morgan fingerprint density at radius 2 is 2.21 bits per heavy atom. The number of nitrogens with two attached hydrogens (primary N) is 1. The molecule has 2 unspecified atom stereocenters. The SMILES string of the molecule is Cc1cc(C2OCCCC2CN)c2ccccc2n1. The maximum absolute atomic E-state index is 6.02. The average molecular weight is 256 g/mol. The Morgan fingerprint density at radius 1 is 1.37 bits per heavy atom. The van der Waals surface area contributed by atoms with Gasteiger partial charge in [0.25, 0.3) is 0 Å². The molecule has 0 bridgehead atoms. The predicted octanol–water partition coefficient (Wildman–Crippen LogP) is 2.97. The first-order valence-electron chi connectivity index (χ1n) is 6.97. The van der Waals surface area contributed by atoms with E-state index in [4.69, 9.17) is 10.5 Å². The third-order valence-corrected chi connectivity index (χ3v) is 3.93. The van der Waals surface area contributed by atoms with Crippen molar-refractivity contribution in [2.75, 3.05) is 13.2 Å². The number of para-hydroxylation sites is 1. The van der Waals surface area contributed by atoms with Crippen molar-refractivity contribution in [1.82, 2.24) is 4.98 Å². The van der Waals surface area contributed by atoms with Crippen LogP contribution in [-0.2, 0) is 4.74 Å². The van der Waals surface area contributed by atoms with Gasteiger partial charge < -0.3 is 10.5 Å². The van der Waals surface area contributed by atoms with Crippen LogP contribution in [-0.4, -0.2) is 18.1 Å². The molecule has 3 heteroatoms. The van der Waals surface area contributed by atoms with E-state index in [-0.39, 0.29) is 6.10 Å². The second-order valence-electron chi connectivity index (χ2n) is 5.30. The van der Waals surface area contributed by atoms with Crippen molar-refractivity contribution in [3.63, 3.8) is 0 Å². The van der Waals surface area contributed by atoms with Gasteiger partial charge in [0.05, 0.1) is 11.6 Å². The van der Waals surface area contributed by atoms with E-state index in [1.165, 1.54) is 10.9 Å². The quantitative estimate of drug-likeness (QED) is 0.898. The molecule has 0 radical (unpaired) electrons. The van der Waals surface area contributed by atoms with Gasteiger partial charge in [0.15, 0.2) is 0 Å². The second-order valence-corrected chi connectivity index (χ2v) is 5.30. The standard InChI is InChI=1S/C16H20N2O/c1-11-9-14(13-6-2-3-7-15(13)18-11)16-12(10-17)5-4-8-19-16/h2-3,6-7,9,12,16H,4-5,8,10,17H2,1H3. The van der Waals surface area contributed by atoms with Crippen molar-refractivity contribution in [3.05, 3.63) is 41.6 Å². The number of hydrogen-bond acceptors (Lipinski definition) is 3. The van der Waals surface area contributed by atoms with Gasteiger partial charge in [0.2, 0.25) is 0 Å². The third-order valence-electron chi connectivity index (χ3n) is 3.93. The molecule has 1 aromatic carbocycles. The lowest BCUT2D eigenvalue weighted by molar-refractivity contribution is -0.0243. The first-order chi connectivity index (χ1) is 9.29. The molecule has 2 atom stereocenters. The fourth-order valence-electron chi connectivity index (χ4n) is 3.00. The summed E-state index contributed by atoms with van der Waals surface area (Å²) in [5.74, 6) is 0.416. The molecule has 100 valence electrons. The van der Waals surface area contributed by atoms with E-state index in [2.05, 4.69) is 29.2 Å². The van der Waals surface area contributed by atoms with Gasteiger partial charge in [-0.2, -0.15) is 0 Å².